The summed E-state index contributed by atoms with van der Waals surface area (Å²) in [5, 5.41) is 3.07. The summed E-state index contributed by atoms with van der Waals surface area (Å²) in [6.07, 6.45) is 0.709. The van der Waals surface area contributed by atoms with Gasteiger partial charge in [0.25, 0.3) is 0 Å². The van der Waals surface area contributed by atoms with Crippen LogP contribution in [0.3, 0.4) is 0 Å². The van der Waals surface area contributed by atoms with Crippen LogP contribution in [0.2, 0.25) is 180 Å². The van der Waals surface area contributed by atoms with Crippen molar-refractivity contribution in [3.63, 3.8) is 0 Å². The van der Waals surface area contributed by atoms with Crippen LogP contribution in [0.5, 0.6) is 0 Å². The molecular formula is C34H91NO9Si12. The summed E-state index contributed by atoms with van der Waals surface area (Å²) in [5.74, 6) is -0.118. The molecule has 10 nitrogen and oxygen atoms in total. The largest absolute Gasteiger partial charge is 0.469 e. The summed E-state index contributed by atoms with van der Waals surface area (Å²) >= 11 is 0. The molecule has 0 rings (SSSR count). The quantitative estimate of drug-likeness (QED) is 0.0428. The van der Waals surface area contributed by atoms with Gasteiger partial charge in [0.1, 0.15) is 19.5 Å². The molecule has 0 aromatic carbocycles. The number of amides is 1. The van der Waals surface area contributed by atoms with Gasteiger partial charge in [-0.1, -0.05) is 6.58 Å². The Labute approximate surface area is 362 Å². The third-order valence-electron chi connectivity index (χ3n) is 7.96. The van der Waals surface area contributed by atoms with Crippen molar-refractivity contribution in [2.75, 3.05) is 6.54 Å². The summed E-state index contributed by atoms with van der Waals surface area (Å²) < 4.78 is 57.1. The molecule has 334 valence electrons. The highest BCUT2D eigenvalue weighted by Gasteiger charge is 2.55. The van der Waals surface area contributed by atoms with E-state index in [4.69, 9.17) is 32.9 Å². The van der Waals surface area contributed by atoms with Crippen molar-refractivity contribution in [2.45, 2.75) is 193 Å². The summed E-state index contributed by atoms with van der Waals surface area (Å²) in [4.78, 5) is 12.6. The normalized spacial score (nSPS) is 16.0. The van der Waals surface area contributed by atoms with Gasteiger partial charge in [-0.2, -0.15) is 0 Å². The van der Waals surface area contributed by atoms with Crippen LogP contribution < -0.4 is 5.32 Å². The third-order valence-corrected chi connectivity index (χ3v) is 47.6. The molecule has 0 aromatic rings. The first-order chi connectivity index (χ1) is 24.7. The van der Waals surface area contributed by atoms with Crippen LogP contribution in [0, 0.1) is 0 Å². The van der Waals surface area contributed by atoms with Gasteiger partial charge in [-0.3, -0.25) is 4.79 Å². The molecule has 0 heterocycles. The molecule has 0 unspecified atom stereocenters. The lowest BCUT2D eigenvalue weighted by Crippen LogP contribution is -2.63. The van der Waals surface area contributed by atoms with E-state index in [9.17, 15) is 4.79 Å². The molecule has 0 saturated heterocycles. The van der Waals surface area contributed by atoms with E-state index >= 15 is 0 Å². The minimum absolute atomic E-state index is 0.118. The van der Waals surface area contributed by atoms with Crippen LogP contribution in [-0.4, -0.2) is 116 Å². The van der Waals surface area contributed by atoms with Crippen LogP contribution in [0.15, 0.2) is 12.2 Å². The van der Waals surface area contributed by atoms with Crippen molar-refractivity contribution in [2.24, 2.45) is 0 Å². The first-order valence-corrected chi connectivity index (χ1v) is 54.5. The molecule has 0 atom stereocenters. The fraction of sp³-hybridized carbons (Fsp3) is 0.912. The third kappa shape index (κ3) is 29.7. The van der Waals surface area contributed by atoms with Crippen molar-refractivity contribution in [3.8, 4) is 0 Å². The highest BCUT2D eigenvalue weighted by molar-refractivity contribution is 6.93. The van der Waals surface area contributed by atoms with Gasteiger partial charge >= 0.3 is 17.6 Å². The Hall–Kier alpha value is 1.49. The summed E-state index contributed by atoms with van der Waals surface area (Å²) in [6, 6.07) is 6.43. The Bertz CT molecular complexity index is 1130. The molecule has 22 heteroatoms. The molecule has 1 N–H and O–H groups in total. The fourth-order valence-electron chi connectivity index (χ4n) is 6.11. The van der Waals surface area contributed by atoms with Gasteiger partial charge in [0.05, 0.1) is 0 Å². The molecule has 56 heavy (non-hydrogen) atoms. The van der Waals surface area contributed by atoms with Crippen molar-refractivity contribution in [3.05, 3.63) is 12.2 Å². The summed E-state index contributed by atoms with van der Waals surface area (Å²) in [6.45, 7) is 54.0. The van der Waals surface area contributed by atoms with E-state index in [-0.39, 0.29) is 5.91 Å². The Morgan fingerprint density at radius 1 is 0.464 bits per heavy atom. The smallest absolute Gasteiger partial charge is 0.461 e. The first kappa shape index (κ1) is 57.5. The van der Waals surface area contributed by atoms with Gasteiger partial charge in [0, 0.05) is 24.2 Å². The van der Waals surface area contributed by atoms with E-state index < -0.39 is 104 Å². The SMILES string of the molecule is C=C(C)C(=O)NCCC[Si](O[Si](C)(C)CC[SiH2]O[Si](C)(C)C)(O[Si](C)(C)CC[SiH2]O[Si](C)(C)C)O[Si](C)(C)CC[Si](O[Si](C)(C)C)(O[Si](C)(C)C)O[Si](C)(C)C. The van der Waals surface area contributed by atoms with Crippen molar-refractivity contribution in [1.29, 1.82) is 0 Å². The Morgan fingerprint density at radius 2 is 0.786 bits per heavy atom. The zero-order chi connectivity index (χ0) is 44.3. The van der Waals surface area contributed by atoms with Crippen LogP contribution >= 0.6 is 0 Å². The number of nitrogens with one attached hydrogen (secondary N) is 1. The highest BCUT2D eigenvalue weighted by atomic mass is 28.5. The van der Waals surface area contributed by atoms with E-state index in [2.05, 4.69) is 149 Å². The van der Waals surface area contributed by atoms with Crippen LogP contribution in [0.1, 0.15) is 13.3 Å². The van der Waals surface area contributed by atoms with Crippen LogP contribution in [0.4, 0.5) is 0 Å². The van der Waals surface area contributed by atoms with Crippen molar-refractivity contribution >= 4 is 110 Å². The lowest BCUT2D eigenvalue weighted by molar-refractivity contribution is -0.117. The van der Waals surface area contributed by atoms with Crippen molar-refractivity contribution in [1.82, 2.24) is 5.32 Å². The molecule has 0 aliphatic rings. The topological polar surface area (TPSA) is 103 Å². The van der Waals surface area contributed by atoms with E-state index in [0.29, 0.717) is 24.6 Å². The lowest BCUT2D eigenvalue weighted by Gasteiger charge is -2.46. The maximum absolute atomic E-state index is 12.6. The zero-order valence-corrected chi connectivity index (χ0v) is 53.5. The molecule has 0 aliphatic heterocycles. The van der Waals surface area contributed by atoms with Gasteiger partial charge in [0.15, 0.2) is 66.5 Å². The zero-order valence-electron chi connectivity index (χ0n) is 40.7. The fourth-order valence-corrected chi connectivity index (χ4v) is 52.6. The van der Waals surface area contributed by atoms with Crippen LogP contribution in [-0.2, 0) is 37.7 Å². The molecule has 0 bridgehead atoms. The molecule has 0 aromatic heterocycles. The maximum atomic E-state index is 12.6. The maximum Gasteiger partial charge on any atom is 0.469 e. The molecule has 0 aliphatic carbocycles. The Kier molecular flexibility index (Phi) is 23.3. The summed E-state index contributed by atoms with van der Waals surface area (Å²) in [5.41, 5.74) is 0.511. The Morgan fingerprint density at radius 3 is 1.09 bits per heavy atom. The average molecular weight is 995 g/mol. The van der Waals surface area contributed by atoms with Gasteiger partial charge in [-0.05, 0) is 181 Å². The number of carbonyl (C=O) groups is 1. The number of rotatable bonds is 30. The highest BCUT2D eigenvalue weighted by Crippen LogP contribution is 2.37. The van der Waals surface area contributed by atoms with Crippen molar-refractivity contribution < 1.29 is 37.7 Å². The predicted molar refractivity (Wildman–Crippen MR) is 273 cm³/mol. The van der Waals surface area contributed by atoms with Gasteiger partial charge < -0.3 is 38.2 Å². The van der Waals surface area contributed by atoms with Gasteiger partial charge in [-0.25, -0.2) is 0 Å². The second kappa shape index (κ2) is 22.7. The van der Waals surface area contributed by atoms with E-state index in [1.165, 1.54) is 0 Å². The molecule has 0 fully saturated rings. The molecule has 0 spiro atoms. The van der Waals surface area contributed by atoms with Gasteiger partial charge in [0.2, 0.25) is 5.91 Å². The molecule has 0 radical (unpaired) electrons. The second-order valence-electron chi connectivity index (χ2n) is 22.4. The molecule has 1 amide bonds. The van der Waals surface area contributed by atoms with E-state index in [1.54, 1.807) is 6.92 Å². The standard InChI is InChI=1S/C34H91NO9Si12/c1-33(2)34(36)35-25-24-28-55(42-52(18,19)29-26-45-37-47(3,4)5,43-53(20,21)30-27-46-38-48(6,7)8)44-54(22,23)31-32-56(39-49(9,10)11,40-50(12,13)14)41-51(15,16)17/h1,24-32,45-46H2,2-23H3,(H,35,36). The average Bonchev–Trinajstić information content (AvgIpc) is 2.90. The van der Waals surface area contributed by atoms with Gasteiger partial charge in [-0.15, -0.1) is 0 Å². The van der Waals surface area contributed by atoms with E-state index in [0.717, 1.165) is 36.3 Å². The molecule has 0 saturated carbocycles. The minimum atomic E-state index is -3.33. The number of hydrogen-bond donors (Lipinski definition) is 1. The second-order valence-corrected chi connectivity index (χ2v) is 68.7. The number of carbonyl (C=O) groups excluding carboxylic acids is 1. The minimum Gasteiger partial charge on any atom is -0.461 e. The summed E-state index contributed by atoms with van der Waals surface area (Å²) in [7, 11) is -24.1. The monoisotopic (exact) mass is 993 g/mol. The first-order valence-electron chi connectivity index (χ1n) is 21.1. The van der Waals surface area contributed by atoms with E-state index in [1.807, 2.05) is 0 Å². The Balaban J connectivity index is 7.10. The number of hydrogen-bond acceptors (Lipinski definition) is 9. The van der Waals surface area contributed by atoms with Crippen LogP contribution in [0.25, 0.3) is 0 Å². The molecular weight excluding hydrogens is 903 g/mol. The predicted octanol–water partition coefficient (Wildman–Crippen LogP) is 9.87. The lowest BCUT2D eigenvalue weighted by atomic mass is 10.3.